The maximum absolute atomic E-state index is 12.6. The molecular formula is C21H26O4. The fourth-order valence-electron chi connectivity index (χ4n) is 4.50. The summed E-state index contributed by atoms with van der Waals surface area (Å²) >= 11 is 0. The quantitative estimate of drug-likeness (QED) is 0.785. The van der Waals surface area contributed by atoms with E-state index in [2.05, 4.69) is 6.92 Å². The second kappa shape index (κ2) is 6.74. The first-order valence-corrected chi connectivity index (χ1v) is 9.20. The fraction of sp³-hybridized carbons (Fsp3) is 0.571. The Bertz CT molecular complexity index is 742. The minimum Gasteiger partial charge on any atom is -0.493 e. The summed E-state index contributed by atoms with van der Waals surface area (Å²) in [6.45, 7) is 8.74. The van der Waals surface area contributed by atoms with E-state index < -0.39 is 5.92 Å². The van der Waals surface area contributed by atoms with Gasteiger partial charge in [0.1, 0.15) is 11.7 Å². The van der Waals surface area contributed by atoms with Gasteiger partial charge in [-0.3, -0.25) is 14.4 Å². The number of hydrogen-bond donors (Lipinski definition) is 0. The highest BCUT2D eigenvalue weighted by Crippen LogP contribution is 2.43. The molecule has 0 saturated heterocycles. The fourth-order valence-corrected chi connectivity index (χ4v) is 4.50. The summed E-state index contributed by atoms with van der Waals surface area (Å²) in [6, 6.07) is 0. The largest absolute Gasteiger partial charge is 0.493 e. The van der Waals surface area contributed by atoms with Crippen LogP contribution < -0.4 is 4.74 Å². The predicted octanol–water partition coefficient (Wildman–Crippen LogP) is 3.55. The van der Waals surface area contributed by atoms with Crippen LogP contribution in [0.25, 0.3) is 0 Å². The molecule has 1 aliphatic heterocycles. The molecule has 1 saturated carbocycles. The Kier molecular flexibility index (Phi) is 4.81. The van der Waals surface area contributed by atoms with Gasteiger partial charge in [0.15, 0.2) is 17.3 Å². The Morgan fingerprint density at radius 2 is 1.68 bits per heavy atom. The van der Waals surface area contributed by atoms with Crippen molar-refractivity contribution in [3.63, 3.8) is 0 Å². The first-order chi connectivity index (χ1) is 11.9. The van der Waals surface area contributed by atoms with Crippen molar-refractivity contribution in [2.45, 2.75) is 65.7 Å². The van der Waals surface area contributed by atoms with Crippen LogP contribution in [0.15, 0.2) is 0 Å². The molecule has 0 bridgehead atoms. The van der Waals surface area contributed by atoms with Gasteiger partial charge in [0.05, 0.1) is 6.61 Å². The average molecular weight is 342 g/mol. The van der Waals surface area contributed by atoms with E-state index in [9.17, 15) is 14.4 Å². The molecule has 1 aliphatic carbocycles. The number of hydrogen-bond acceptors (Lipinski definition) is 4. The van der Waals surface area contributed by atoms with Crippen molar-refractivity contribution < 1.29 is 19.1 Å². The van der Waals surface area contributed by atoms with E-state index in [4.69, 9.17) is 4.74 Å². The molecule has 4 nitrogen and oxygen atoms in total. The van der Waals surface area contributed by atoms with E-state index >= 15 is 0 Å². The maximum Gasteiger partial charge on any atom is 0.151 e. The van der Waals surface area contributed by atoms with Crippen LogP contribution in [-0.2, 0) is 20.8 Å². The Morgan fingerprint density at radius 3 is 2.28 bits per heavy atom. The van der Waals surface area contributed by atoms with Crippen molar-refractivity contribution in [2.24, 2.45) is 5.92 Å². The Labute approximate surface area is 148 Å². The molecule has 0 aromatic heterocycles. The topological polar surface area (TPSA) is 60.4 Å². The van der Waals surface area contributed by atoms with Gasteiger partial charge in [-0.25, -0.2) is 0 Å². The Balaban J connectivity index is 1.95. The first kappa shape index (κ1) is 17.8. The Hall–Kier alpha value is -1.97. The number of carbonyl (C=O) groups is 3. The molecule has 0 unspecified atom stereocenters. The van der Waals surface area contributed by atoms with Crippen LogP contribution in [0.4, 0.5) is 0 Å². The van der Waals surface area contributed by atoms with Crippen molar-refractivity contribution in [2.75, 3.05) is 6.61 Å². The van der Waals surface area contributed by atoms with E-state index in [0.717, 1.165) is 34.4 Å². The predicted molar refractivity (Wildman–Crippen MR) is 95.2 cm³/mol. The van der Waals surface area contributed by atoms with Gasteiger partial charge >= 0.3 is 0 Å². The highest BCUT2D eigenvalue weighted by molar-refractivity contribution is 6.21. The van der Waals surface area contributed by atoms with Crippen molar-refractivity contribution in [3.8, 4) is 5.75 Å². The second-order valence-electron chi connectivity index (χ2n) is 7.38. The minimum absolute atomic E-state index is 0.115. The summed E-state index contributed by atoms with van der Waals surface area (Å²) in [5.74, 6) is -0.766. The molecule has 1 fully saturated rings. The van der Waals surface area contributed by atoms with Crippen LogP contribution in [0.2, 0.25) is 0 Å². The van der Waals surface area contributed by atoms with Gasteiger partial charge in [-0.05, 0) is 55.4 Å². The lowest BCUT2D eigenvalue weighted by atomic mass is 9.72. The molecule has 0 N–H and O–H groups in total. The number of benzene rings is 1. The number of Topliss-reactive ketones (excluding diaryl/α,β-unsaturated/α-hetero) is 3. The van der Waals surface area contributed by atoms with Crippen LogP contribution in [0, 0.1) is 26.7 Å². The summed E-state index contributed by atoms with van der Waals surface area (Å²) in [6.07, 6.45) is 2.42. The molecule has 0 amide bonds. The standard InChI is InChI=1S/C21H26O4/c1-5-6-16(22)20-17(23)9-14(10-18(20)24)19-11(2)12(3)21-15(13(19)4)7-8-25-21/h14,20H,5-10H2,1-4H3. The van der Waals surface area contributed by atoms with Crippen LogP contribution in [-0.4, -0.2) is 24.0 Å². The van der Waals surface area contributed by atoms with Crippen molar-refractivity contribution in [1.29, 1.82) is 0 Å². The van der Waals surface area contributed by atoms with Crippen molar-refractivity contribution in [3.05, 3.63) is 27.8 Å². The molecule has 1 heterocycles. The first-order valence-electron chi connectivity index (χ1n) is 9.20. The number of ether oxygens (including phenoxy) is 1. The molecule has 134 valence electrons. The number of fused-ring (bicyclic) bond motifs is 1. The third kappa shape index (κ3) is 2.92. The molecule has 25 heavy (non-hydrogen) atoms. The molecule has 3 rings (SSSR count). The lowest BCUT2D eigenvalue weighted by molar-refractivity contribution is -0.142. The van der Waals surface area contributed by atoms with Crippen molar-refractivity contribution >= 4 is 17.3 Å². The summed E-state index contributed by atoms with van der Waals surface area (Å²) in [5, 5.41) is 0. The highest BCUT2D eigenvalue weighted by Gasteiger charge is 2.41. The zero-order chi connectivity index (χ0) is 18.3. The number of ketones is 3. The van der Waals surface area contributed by atoms with E-state index in [1.165, 1.54) is 5.56 Å². The molecule has 1 aromatic rings. The monoisotopic (exact) mass is 342 g/mol. The Morgan fingerprint density at radius 1 is 1.04 bits per heavy atom. The van der Waals surface area contributed by atoms with Gasteiger partial charge in [-0.15, -0.1) is 0 Å². The van der Waals surface area contributed by atoms with Crippen LogP contribution in [0.3, 0.4) is 0 Å². The number of rotatable bonds is 4. The van der Waals surface area contributed by atoms with E-state index in [0.29, 0.717) is 19.4 Å². The van der Waals surface area contributed by atoms with Gasteiger partial charge < -0.3 is 4.74 Å². The zero-order valence-corrected chi connectivity index (χ0v) is 15.5. The lowest BCUT2D eigenvalue weighted by Crippen LogP contribution is -2.38. The molecule has 2 aliphatic rings. The van der Waals surface area contributed by atoms with Crippen LogP contribution in [0.1, 0.15) is 66.3 Å². The third-order valence-corrected chi connectivity index (χ3v) is 5.80. The summed E-state index contributed by atoms with van der Waals surface area (Å²) in [7, 11) is 0. The van der Waals surface area contributed by atoms with Gasteiger partial charge in [0, 0.05) is 31.2 Å². The average Bonchev–Trinajstić information content (AvgIpc) is 3.02. The lowest BCUT2D eigenvalue weighted by Gasteiger charge is -2.29. The molecule has 1 aromatic carbocycles. The number of carbonyl (C=O) groups excluding carboxylic acids is 3. The highest BCUT2D eigenvalue weighted by atomic mass is 16.5. The summed E-state index contributed by atoms with van der Waals surface area (Å²) in [5.41, 5.74) is 5.70. The molecule has 0 spiro atoms. The minimum atomic E-state index is -1.02. The molecule has 0 atom stereocenters. The van der Waals surface area contributed by atoms with E-state index in [-0.39, 0.29) is 36.1 Å². The third-order valence-electron chi connectivity index (χ3n) is 5.80. The van der Waals surface area contributed by atoms with Crippen LogP contribution >= 0.6 is 0 Å². The van der Waals surface area contributed by atoms with Gasteiger partial charge in [0.2, 0.25) is 0 Å². The van der Waals surface area contributed by atoms with E-state index in [1.54, 1.807) is 0 Å². The van der Waals surface area contributed by atoms with Crippen molar-refractivity contribution in [1.82, 2.24) is 0 Å². The van der Waals surface area contributed by atoms with Gasteiger partial charge in [0.25, 0.3) is 0 Å². The van der Waals surface area contributed by atoms with Crippen LogP contribution in [0.5, 0.6) is 5.75 Å². The zero-order valence-electron chi connectivity index (χ0n) is 15.5. The normalized spacial score (nSPS) is 22.7. The molecule has 0 radical (unpaired) electrons. The molecular weight excluding hydrogens is 316 g/mol. The van der Waals surface area contributed by atoms with Gasteiger partial charge in [-0.1, -0.05) is 6.92 Å². The SMILES string of the molecule is CCCC(=O)C1C(=O)CC(c2c(C)c(C)c3c(c2C)CCO3)CC1=O. The summed E-state index contributed by atoms with van der Waals surface area (Å²) < 4.78 is 5.77. The van der Waals surface area contributed by atoms with Gasteiger partial charge in [-0.2, -0.15) is 0 Å². The smallest absolute Gasteiger partial charge is 0.151 e. The summed E-state index contributed by atoms with van der Waals surface area (Å²) in [4.78, 5) is 37.3. The second-order valence-corrected chi connectivity index (χ2v) is 7.38. The maximum atomic E-state index is 12.6. The van der Waals surface area contributed by atoms with E-state index in [1.807, 2.05) is 20.8 Å². The molecule has 4 heteroatoms.